The van der Waals surface area contributed by atoms with Crippen LogP contribution in [-0.4, -0.2) is 31.4 Å². The van der Waals surface area contributed by atoms with Gasteiger partial charge in [0, 0.05) is 24.3 Å². The number of hydrogen-bond donors (Lipinski definition) is 3. The summed E-state index contributed by atoms with van der Waals surface area (Å²) < 4.78 is 5.67. The predicted octanol–water partition coefficient (Wildman–Crippen LogP) is 3.06. The van der Waals surface area contributed by atoms with Gasteiger partial charge >= 0.3 is 0 Å². The van der Waals surface area contributed by atoms with E-state index >= 15 is 0 Å². The third kappa shape index (κ3) is 5.99. The minimum Gasteiger partial charge on any atom is -0.444 e. The van der Waals surface area contributed by atoms with Crippen molar-refractivity contribution < 1.29 is 14.0 Å². The van der Waals surface area contributed by atoms with Gasteiger partial charge in [-0.15, -0.1) is 12.4 Å². The van der Waals surface area contributed by atoms with Crippen molar-refractivity contribution >= 4 is 45.8 Å². The molecule has 0 radical (unpaired) electrons. The molecule has 0 aliphatic carbocycles. The number of furan rings is 1. The Hall–Kier alpha value is -1.83. The van der Waals surface area contributed by atoms with Gasteiger partial charge in [-0.2, -0.15) is 0 Å². The van der Waals surface area contributed by atoms with Crippen LogP contribution in [0.25, 0.3) is 0 Å². The summed E-state index contributed by atoms with van der Waals surface area (Å²) in [6.07, 6.45) is 0. The quantitative estimate of drug-likeness (QED) is 0.606. The summed E-state index contributed by atoms with van der Waals surface area (Å²) in [5.74, 6) is -0.363. The van der Waals surface area contributed by atoms with Crippen LogP contribution in [0.4, 0.5) is 5.69 Å². The first-order valence-electron chi connectivity index (χ1n) is 7.26. The molecule has 2 aromatic rings. The number of amides is 2. The van der Waals surface area contributed by atoms with E-state index in [9.17, 15) is 9.59 Å². The van der Waals surface area contributed by atoms with E-state index in [0.29, 0.717) is 29.0 Å². The summed E-state index contributed by atoms with van der Waals surface area (Å²) >= 11 is 3.15. The summed E-state index contributed by atoms with van der Waals surface area (Å²) in [6.45, 7) is 4.13. The third-order valence-electron chi connectivity index (χ3n) is 3.02. The largest absolute Gasteiger partial charge is 0.444 e. The van der Waals surface area contributed by atoms with E-state index in [-0.39, 0.29) is 30.0 Å². The Labute approximate surface area is 154 Å². The van der Waals surface area contributed by atoms with Crippen molar-refractivity contribution in [2.24, 2.45) is 0 Å². The van der Waals surface area contributed by atoms with Crippen LogP contribution in [0.2, 0.25) is 0 Å². The molecule has 1 aromatic heterocycles. The highest BCUT2D eigenvalue weighted by Crippen LogP contribution is 2.16. The molecule has 0 spiro atoms. The number of anilines is 1. The molecule has 1 heterocycles. The molecule has 0 aliphatic heterocycles. The van der Waals surface area contributed by atoms with Gasteiger partial charge < -0.3 is 20.4 Å². The second-order valence-electron chi connectivity index (χ2n) is 4.75. The lowest BCUT2D eigenvalue weighted by molar-refractivity contribution is 0.0951. The van der Waals surface area contributed by atoms with Crippen LogP contribution >= 0.6 is 28.3 Å². The number of benzene rings is 1. The molecule has 1 aromatic carbocycles. The van der Waals surface area contributed by atoms with Crippen LogP contribution in [0.1, 0.15) is 27.8 Å². The molecule has 0 aliphatic rings. The Balaban J connectivity index is 0.00000288. The van der Waals surface area contributed by atoms with Gasteiger partial charge in [0.05, 0.1) is 0 Å². The lowest BCUT2D eigenvalue weighted by atomic mass is 10.2. The molecule has 2 rings (SSSR count). The first kappa shape index (κ1) is 20.2. The van der Waals surface area contributed by atoms with Gasteiger partial charge in [-0.3, -0.25) is 9.59 Å². The normalized spacial score (nSPS) is 9.92. The average molecular weight is 417 g/mol. The van der Waals surface area contributed by atoms with Crippen LogP contribution in [0.3, 0.4) is 0 Å². The van der Waals surface area contributed by atoms with Gasteiger partial charge in [0.15, 0.2) is 10.4 Å². The molecule has 8 heteroatoms. The van der Waals surface area contributed by atoms with E-state index in [1.165, 1.54) is 0 Å². The number of rotatable bonds is 7. The Morgan fingerprint density at radius 1 is 1.12 bits per heavy atom. The van der Waals surface area contributed by atoms with Gasteiger partial charge in [0.1, 0.15) is 0 Å². The molecule has 2 amide bonds. The maximum atomic E-state index is 12.0. The molecule has 0 fully saturated rings. The molecule has 0 bridgehead atoms. The number of hydrogen-bond acceptors (Lipinski definition) is 4. The Bertz CT molecular complexity index is 691. The van der Waals surface area contributed by atoms with Crippen molar-refractivity contribution in [3.05, 3.63) is 52.4 Å². The van der Waals surface area contributed by atoms with Crippen LogP contribution in [0.15, 0.2) is 45.5 Å². The first-order chi connectivity index (χ1) is 11.1. The lowest BCUT2D eigenvalue weighted by Crippen LogP contribution is -2.31. The second-order valence-corrected chi connectivity index (χ2v) is 5.53. The molecule has 0 unspecified atom stereocenters. The average Bonchev–Trinajstić information content (AvgIpc) is 2.98. The Morgan fingerprint density at radius 2 is 1.92 bits per heavy atom. The van der Waals surface area contributed by atoms with E-state index in [2.05, 4.69) is 31.9 Å². The zero-order valence-corrected chi connectivity index (χ0v) is 15.5. The second kappa shape index (κ2) is 10.1. The topological polar surface area (TPSA) is 83.4 Å². The monoisotopic (exact) mass is 415 g/mol. The number of carbonyl (C=O) groups excluding carboxylic acids is 2. The summed E-state index contributed by atoms with van der Waals surface area (Å²) in [7, 11) is 0. The van der Waals surface area contributed by atoms with Crippen molar-refractivity contribution in [2.75, 3.05) is 25.0 Å². The fourth-order valence-corrected chi connectivity index (χ4v) is 2.22. The molecule has 24 heavy (non-hydrogen) atoms. The molecular weight excluding hydrogens is 398 g/mol. The van der Waals surface area contributed by atoms with E-state index < -0.39 is 0 Å². The molecule has 6 nitrogen and oxygen atoms in total. The molecule has 0 saturated heterocycles. The summed E-state index contributed by atoms with van der Waals surface area (Å²) in [4.78, 5) is 24.1. The standard InChI is InChI=1S/C16H18BrN3O3.ClH/c1-2-18-8-9-19-15(21)11-4-3-5-12(10-11)20-16(22)13-6-7-14(17)23-13;/h3-7,10,18H,2,8-9H2,1H3,(H,19,21)(H,20,22);1H. The number of halogens is 2. The van der Waals surface area contributed by atoms with Crippen molar-refractivity contribution in [3.63, 3.8) is 0 Å². The van der Waals surface area contributed by atoms with Gasteiger partial charge in [-0.25, -0.2) is 0 Å². The highest BCUT2D eigenvalue weighted by Gasteiger charge is 2.12. The summed E-state index contributed by atoms with van der Waals surface area (Å²) in [5, 5.41) is 8.63. The van der Waals surface area contributed by atoms with Crippen molar-refractivity contribution in [3.8, 4) is 0 Å². The SMILES string of the molecule is CCNCCNC(=O)c1cccc(NC(=O)c2ccc(Br)o2)c1.Cl. The van der Waals surface area contributed by atoms with E-state index in [1.54, 1.807) is 36.4 Å². The number of carbonyl (C=O) groups is 2. The smallest absolute Gasteiger partial charge is 0.291 e. The molecular formula is C16H19BrClN3O3. The number of nitrogens with one attached hydrogen (secondary N) is 3. The van der Waals surface area contributed by atoms with Crippen molar-refractivity contribution in [1.82, 2.24) is 10.6 Å². The van der Waals surface area contributed by atoms with Crippen molar-refractivity contribution in [2.45, 2.75) is 6.92 Å². The maximum Gasteiger partial charge on any atom is 0.291 e. The van der Waals surface area contributed by atoms with Crippen molar-refractivity contribution in [1.29, 1.82) is 0 Å². The van der Waals surface area contributed by atoms with E-state index in [1.807, 2.05) is 6.92 Å². The molecule has 0 atom stereocenters. The lowest BCUT2D eigenvalue weighted by Gasteiger charge is -2.08. The minimum atomic E-state index is -0.375. The summed E-state index contributed by atoms with van der Waals surface area (Å²) in [5.41, 5.74) is 1.02. The maximum absolute atomic E-state index is 12.0. The minimum absolute atomic E-state index is 0. The number of likely N-dealkylation sites (N-methyl/N-ethyl adjacent to an activating group) is 1. The molecule has 130 valence electrons. The molecule has 3 N–H and O–H groups in total. The predicted molar refractivity (Wildman–Crippen MR) is 98.9 cm³/mol. The van der Waals surface area contributed by atoms with E-state index in [4.69, 9.17) is 4.42 Å². The first-order valence-corrected chi connectivity index (χ1v) is 8.05. The van der Waals surface area contributed by atoms with Crippen LogP contribution in [0.5, 0.6) is 0 Å². The van der Waals surface area contributed by atoms with Gasteiger partial charge in [0.25, 0.3) is 11.8 Å². The Morgan fingerprint density at radius 3 is 2.58 bits per heavy atom. The van der Waals surface area contributed by atoms with Crippen LogP contribution in [-0.2, 0) is 0 Å². The van der Waals surface area contributed by atoms with Gasteiger partial charge in [-0.05, 0) is 52.8 Å². The Kier molecular flexibility index (Phi) is 8.53. The highest BCUT2D eigenvalue weighted by atomic mass is 79.9. The third-order valence-corrected chi connectivity index (χ3v) is 3.44. The van der Waals surface area contributed by atoms with Gasteiger partial charge in [0.2, 0.25) is 0 Å². The zero-order valence-electron chi connectivity index (χ0n) is 13.1. The van der Waals surface area contributed by atoms with E-state index in [0.717, 1.165) is 6.54 Å². The van der Waals surface area contributed by atoms with Gasteiger partial charge in [-0.1, -0.05) is 13.0 Å². The fraction of sp³-hybridized carbons (Fsp3) is 0.250. The van der Waals surface area contributed by atoms with Crippen LogP contribution in [0, 0.1) is 0 Å². The summed E-state index contributed by atoms with van der Waals surface area (Å²) in [6, 6.07) is 9.96. The fourth-order valence-electron chi connectivity index (χ4n) is 1.91. The zero-order chi connectivity index (χ0) is 16.7. The highest BCUT2D eigenvalue weighted by molar-refractivity contribution is 9.10. The molecule has 0 saturated carbocycles. The van der Waals surface area contributed by atoms with Crippen LogP contribution < -0.4 is 16.0 Å².